The van der Waals surface area contributed by atoms with Gasteiger partial charge in [0.15, 0.2) is 0 Å². The van der Waals surface area contributed by atoms with Gasteiger partial charge in [-0.15, -0.1) is 0 Å². The Morgan fingerprint density at radius 1 is 1.00 bits per heavy atom. The molecule has 0 atom stereocenters. The van der Waals surface area contributed by atoms with Crippen LogP contribution in [0.2, 0.25) is 0 Å². The maximum atomic E-state index is 10.4. The fraction of sp³-hybridized carbons (Fsp3) is 0.429. The maximum Gasteiger partial charge on any atom is 0.124 e. The quantitative estimate of drug-likeness (QED) is 0.363. The van der Waals surface area contributed by atoms with Crippen LogP contribution in [0.4, 0.5) is 0 Å². The average molecular weight is 517 g/mol. The summed E-state index contributed by atoms with van der Waals surface area (Å²) >= 11 is 2.34. The number of benzene rings is 2. The van der Waals surface area contributed by atoms with E-state index in [0.717, 1.165) is 23.0 Å². The molecule has 7 heteroatoms. The van der Waals surface area contributed by atoms with Crippen molar-refractivity contribution in [2.75, 3.05) is 32.8 Å². The lowest BCUT2D eigenvalue weighted by molar-refractivity contribution is -0.916. The third-order valence-electron chi connectivity index (χ3n) is 5.19. The van der Waals surface area contributed by atoms with Gasteiger partial charge in [-0.1, -0.05) is 29.8 Å². The summed E-state index contributed by atoms with van der Waals surface area (Å²) < 4.78 is 33.6. The van der Waals surface area contributed by atoms with E-state index in [2.05, 4.69) is 46.9 Å². The molecule has 154 valence electrons. The van der Waals surface area contributed by atoms with E-state index >= 15 is 0 Å². The van der Waals surface area contributed by atoms with Crippen LogP contribution in [0.15, 0.2) is 53.4 Å². The monoisotopic (exact) mass is 517 g/mol. The van der Waals surface area contributed by atoms with E-state index in [1.54, 1.807) is 12.1 Å². The third kappa shape index (κ3) is 7.44. The zero-order valence-electron chi connectivity index (χ0n) is 16.2. The number of aliphatic hydroxyl groups excluding tert-OH is 1. The normalized spacial score (nSPS) is 15.7. The molecule has 1 aliphatic heterocycles. The Hall–Kier alpha value is -1.000. The van der Waals surface area contributed by atoms with Gasteiger partial charge in [0.05, 0.1) is 31.1 Å². The number of quaternary nitrogens is 1. The topological polar surface area (TPSA) is 77.4 Å². The van der Waals surface area contributed by atoms with Crippen LogP contribution in [0.3, 0.4) is 0 Å². The molecule has 0 amide bonds. The average Bonchev–Trinajstić information content (AvgIpc) is 3.11. The fourth-order valence-electron chi connectivity index (χ4n) is 3.50. The van der Waals surface area contributed by atoms with Crippen molar-refractivity contribution in [1.82, 2.24) is 0 Å². The molecule has 5 nitrogen and oxygen atoms in total. The molecule has 0 unspecified atom stereocenters. The predicted molar refractivity (Wildman–Crippen MR) is 118 cm³/mol. The summed E-state index contributed by atoms with van der Waals surface area (Å²) in [7, 11) is -4.27. The van der Waals surface area contributed by atoms with E-state index in [1.165, 1.54) is 53.7 Å². The second-order valence-corrected chi connectivity index (χ2v) is 9.94. The molecule has 2 aromatic rings. The van der Waals surface area contributed by atoms with Crippen LogP contribution in [0.25, 0.3) is 0 Å². The lowest BCUT2D eigenvalue weighted by Gasteiger charge is -2.33. The van der Waals surface area contributed by atoms with Gasteiger partial charge in [0, 0.05) is 22.8 Å². The number of likely N-dealkylation sites (tertiary alicyclic amines) is 1. The van der Waals surface area contributed by atoms with Crippen molar-refractivity contribution in [3.63, 3.8) is 0 Å². The van der Waals surface area contributed by atoms with Gasteiger partial charge < -0.3 is 14.1 Å². The standard InChI is InChI=1S/C14H21INO.C7H8O3S/c15-14-5-3-13(4-6-14)7-10-16(11-12-17)8-1-2-9-16;1-6-2-4-7(5-3-6)11(8,9)10/h3-6,17H,1-2,7-12H2;2-5H,1H3,(H,8,9,10)/q+1;/p-1. The summed E-state index contributed by atoms with van der Waals surface area (Å²) in [5, 5.41) is 9.21. The summed E-state index contributed by atoms with van der Waals surface area (Å²) in [6, 6.07) is 14.6. The summed E-state index contributed by atoms with van der Waals surface area (Å²) in [5.74, 6) is 0. The molecule has 0 radical (unpaired) electrons. The minimum atomic E-state index is -4.27. The van der Waals surface area contributed by atoms with Gasteiger partial charge in [0.25, 0.3) is 0 Å². The summed E-state index contributed by atoms with van der Waals surface area (Å²) in [6.45, 7) is 6.77. The Labute approximate surface area is 181 Å². The smallest absolute Gasteiger partial charge is 0.124 e. The molecule has 0 aliphatic carbocycles. The molecule has 28 heavy (non-hydrogen) atoms. The largest absolute Gasteiger partial charge is 0.744 e. The van der Waals surface area contributed by atoms with E-state index in [9.17, 15) is 18.1 Å². The molecule has 2 aromatic carbocycles. The zero-order valence-corrected chi connectivity index (χ0v) is 19.2. The van der Waals surface area contributed by atoms with Gasteiger partial charge in [-0.25, -0.2) is 8.42 Å². The van der Waals surface area contributed by atoms with Crippen molar-refractivity contribution in [2.45, 2.75) is 31.1 Å². The van der Waals surface area contributed by atoms with E-state index in [1.807, 2.05) is 6.92 Å². The Morgan fingerprint density at radius 2 is 1.57 bits per heavy atom. The molecule has 0 aromatic heterocycles. The SMILES string of the molecule is Cc1ccc(S(=O)(=O)[O-])cc1.OCC[N+]1(CCc2ccc(I)cc2)CCCC1. The van der Waals surface area contributed by atoms with Crippen molar-refractivity contribution in [3.05, 3.63) is 63.2 Å². The van der Waals surface area contributed by atoms with E-state index in [4.69, 9.17) is 0 Å². The molecule has 1 heterocycles. The molecule has 0 spiro atoms. The lowest BCUT2D eigenvalue weighted by atomic mass is 10.1. The summed E-state index contributed by atoms with van der Waals surface area (Å²) in [5.41, 5.74) is 2.35. The van der Waals surface area contributed by atoms with Crippen LogP contribution < -0.4 is 0 Å². The highest BCUT2D eigenvalue weighted by atomic mass is 127. The minimum absolute atomic E-state index is 0.178. The van der Waals surface area contributed by atoms with Crippen molar-refractivity contribution < 1.29 is 22.6 Å². The Kier molecular flexibility index (Phi) is 8.88. The molecule has 0 bridgehead atoms. The van der Waals surface area contributed by atoms with Crippen LogP contribution in [0.5, 0.6) is 0 Å². The maximum absolute atomic E-state index is 10.4. The van der Waals surface area contributed by atoms with Gasteiger partial charge in [0.2, 0.25) is 0 Å². The van der Waals surface area contributed by atoms with Crippen molar-refractivity contribution >= 4 is 32.7 Å². The lowest BCUT2D eigenvalue weighted by Crippen LogP contribution is -2.48. The minimum Gasteiger partial charge on any atom is -0.744 e. The second-order valence-electron chi connectivity index (χ2n) is 7.31. The Balaban J connectivity index is 0.000000221. The van der Waals surface area contributed by atoms with E-state index < -0.39 is 10.1 Å². The van der Waals surface area contributed by atoms with Crippen LogP contribution >= 0.6 is 22.6 Å². The number of nitrogens with zero attached hydrogens (tertiary/aromatic N) is 1. The molecule has 1 aliphatic rings. The number of hydrogen-bond acceptors (Lipinski definition) is 4. The summed E-state index contributed by atoms with van der Waals surface area (Å²) in [4.78, 5) is -0.178. The van der Waals surface area contributed by atoms with Crippen LogP contribution in [0.1, 0.15) is 24.0 Å². The first-order valence-corrected chi connectivity index (χ1v) is 12.0. The molecular weight excluding hydrogens is 489 g/mol. The van der Waals surface area contributed by atoms with Gasteiger partial charge >= 0.3 is 0 Å². The fourth-order valence-corrected chi connectivity index (χ4v) is 4.33. The van der Waals surface area contributed by atoms with Crippen LogP contribution in [-0.2, 0) is 16.5 Å². The highest BCUT2D eigenvalue weighted by molar-refractivity contribution is 14.1. The summed E-state index contributed by atoms with van der Waals surface area (Å²) in [6.07, 6.45) is 3.79. The Morgan fingerprint density at radius 3 is 2.07 bits per heavy atom. The number of aliphatic hydroxyl groups is 1. The Bertz CT molecular complexity index is 830. The third-order valence-corrected chi connectivity index (χ3v) is 6.76. The first-order chi connectivity index (χ1) is 13.2. The predicted octanol–water partition coefficient (Wildman–Crippen LogP) is 3.34. The van der Waals surface area contributed by atoms with Gasteiger partial charge in [-0.3, -0.25) is 0 Å². The van der Waals surface area contributed by atoms with Crippen LogP contribution in [0, 0.1) is 10.5 Å². The van der Waals surface area contributed by atoms with Gasteiger partial charge in [0.1, 0.15) is 16.7 Å². The second kappa shape index (κ2) is 10.7. The van der Waals surface area contributed by atoms with Crippen molar-refractivity contribution in [1.29, 1.82) is 0 Å². The highest BCUT2D eigenvalue weighted by Gasteiger charge is 2.30. The van der Waals surface area contributed by atoms with E-state index in [0.29, 0.717) is 6.61 Å². The highest BCUT2D eigenvalue weighted by Crippen LogP contribution is 2.20. The molecular formula is C21H28INO4S. The first-order valence-electron chi connectivity index (χ1n) is 9.47. The first kappa shape index (κ1) is 23.3. The number of rotatable bonds is 6. The number of halogens is 1. The van der Waals surface area contributed by atoms with Crippen LogP contribution in [-0.4, -0.2) is 55.3 Å². The molecule has 1 saturated heterocycles. The van der Waals surface area contributed by atoms with Crippen molar-refractivity contribution in [2.24, 2.45) is 0 Å². The molecule has 1 fully saturated rings. The molecule has 1 N–H and O–H groups in total. The van der Waals surface area contributed by atoms with Gasteiger partial charge in [-0.2, -0.15) is 0 Å². The zero-order chi connectivity index (χ0) is 20.6. The number of aryl methyl sites for hydroxylation is 1. The number of hydrogen-bond donors (Lipinski definition) is 1. The molecule has 3 rings (SSSR count). The van der Waals surface area contributed by atoms with E-state index in [-0.39, 0.29) is 4.90 Å². The van der Waals surface area contributed by atoms with Gasteiger partial charge in [-0.05, 0) is 59.3 Å². The van der Waals surface area contributed by atoms with Crippen molar-refractivity contribution in [3.8, 4) is 0 Å². The molecule has 0 saturated carbocycles.